The van der Waals surface area contributed by atoms with Crippen LogP contribution >= 0.6 is 23.2 Å². The molecule has 0 aromatic heterocycles. The van der Waals surface area contributed by atoms with Crippen LogP contribution in [-0.4, -0.2) is 43.8 Å². The Morgan fingerprint density at radius 2 is 1.43 bits per heavy atom. The minimum absolute atomic E-state index is 0.0410. The van der Waals surface area contributed by atoms with Gasteiger partial charge in [-0.3, -0.25) is 13.9 Å². The highest BCUT2D eigenvalue weighted by Gasteiger charge is 2.35. The van der Waals surface area contributed by atoms with E-state index in [2.05, 4.69) is 5.32 Å². The molecule has 0 aliphatic heterocycles. The first-order chi connectivity index (χ1) is 21.1. The molecule has 0 aliphatic rings. The normalized spacial score (nSPS) is 12.6. The van der Waals surface area contributed by atoms with E-state index in [0.717, 1.165) is 9.87 Å². The monoisotopic (exact) mass is 651 g/mol. The molecule has 7 nitrogen and oxygen atoms in total. The Bertz CT molecular complexity index is 1660. The highest BCUT2D eigenvalue weighted by Crippen LogP contribution is 2.27. The highest BCUT2D eigenvalue weighted by atomic mass is 35.5. The average Bonchev–Trinajstić information content (AvgIpc) is 3.03. The van der Waals surface area contributed by atoms with E-state index in [-0.39, 0.29) is 29.8 Å². The first-order valence-electron chi connectivity index (χ1n) is 14.3. The fraction of sp³-hybridized carbons (Fsp3) is 0.235. The van der Waals surface area contributed by atoms with Crippen LogP contribution < -0.4 is 9.62 Å². The van der Waals surface area contributed by atoms with Gasteiger partial charge in [0.25, 0.3) is 10.0 Å². The van der Waals surface area contributed by atoms with Crippen molar-refractivity contribution in [1.82, 2.24) is 10.2 Å². The summed E-state index contributed by atoms with van der Waals surface area (Å²) < 4.78 is 29.0. The van der Waals surface area contributed by atoms with Gasteiger partial charge in [-0.15, -0.1) is 0 Å². The Morgan fingerprint density at radius 3 is 2.02 bits per heavy atom. The molecule has 230 valence electrons. The number of hydrogen-bond donors (Lipinski definition) is 1. The van der Waals surface area contributed by atoms with Crippen LogP contribution in [0.4, 0.5) is 5.69 Å². The summed E-state index contributed by atoms with van der Waals surface area (Å²) in [6.45, 7) is 3.26. The first-order valence-corrected chi connectivity index (χ1v) is 16.5. The minimum atomic E-state index is -4.16. The lowest BCUT2D eigenvalue weighted by molar-refractivity contribution is -0.140. The predicted octanol–water partition coefficient (Wildman–Crippen LogP) is 6.74. The summed E-state index contributed by atoms with van der Waals surface area (Å²) in [5, 5.41) is 3.77. The Labute approximate surface area is 269 Å². The fourth-order valence-electron chi connectivity index (χ4n) is 4.67. The lowest BCUT2D eigenvalue weighted by atomic mass is 10.0. The quantitative estimate of drug-likeness (QED) is 0.173. The maximum Gasteiger partial charge on any atom is 0.264 e. The third-order valence-electron chi connectivity index (χ3n) is 7.28. The standard InChI is InChI=1S/C34H35Cl2N3O4S/c1-3-25(2)37-34(41)32(21-26-13-7-4-8-14-26)38(23-27-19-20-28(35)22-31(27)36)33(40)24-39(29-15-9-5-10-16-29)44(42,43)30-17-11-6-12-18-30/h4-20,22,25,32H,3,21,23-24H2,1-2H3,(H,37,41)/t25-,32+/m1/s1. The van der Waals surface area contributed by atoms with Crippen LogP contribution in [-0.2, 0) is 32.6 Å². The molecule has 2 atom stereocenters. The molecular weight excluding hydrogens is 617 g/mol. The number of carbonyl (C=O) groups excluding carboxylic acids is 2. The van der Waals surface area contributed by atoms with Crippen LogP contribution in [0, 0.1) is 0 Å². The van der Waals surface area contributed by atoms with Gasteiger partial charge >= 0.3 is 0 Å². The Morgan fingerprint density at radius 1 is 0.841 bits per heavy atom. The van der Waals surface area contributed by atoms with Gasteiger partial charge in [-0.25, -0.2) is 8.42 Å². The molecule has 10 heteroatoms. The van der Waals surface area contributed by atoms with Gasteiger partial charge in [-0.1, -0.05) is 103 Å². The van der Waals surface area contributed by atoms with E-state index in [1.54, 1.807) is 66.7 Å². The van der Waals surface area contributed by atoms with Crippen LogP contribution in [0.25, 0.3) is 0 Å². The molecule has 0 radical (unpaired) electrons. The molecule has 0 aliphatic carbocycles. The zero-order chi connectivity index (χ0) is 31.7. The number of halogens is 2. The number of nitrogens with zero attached hydrogens (tertiary/aromatic N) is 2. The number of hydrogen-bond acceptors (Lipinski definition) is 4. The fourth-order valence-corrected chi connectivity index (χ4v) is 6.57. The zero-order valence-corrected chi connectivity index (χ0v) is 26.9. The van der Waals surface area contributed by atoms with E-state index < -0.39 is 28.5 Å². The van der Waals surface area contributed by atoms with Crippen LogP contribution in [0.15, 0.2) is 114 Å². The van der Waals surface area contributed by atoms with Crippen molar-refractivity contribution in [3.05, 3.63) is 130 Å². The van der Waals surface area contributed by atoms with Gasteiger partial charge in [0.1, 0.15) is 12.6 Å². The smallest absolute Gasteiger partial charge is 0.264 e. The third kappa shape index (κ3) is 8.40. The second-order valence-corrected chi connectivity index (χ2v) is 13.1. The number of rotatable bonds is 13. The first kappa shape index (κ1) is 33.1. The molecule has 0 saturated carbocycles. The summed E-state index contributed by atoms with van der Waals surface area (Å²) >= 11 is 12.7. The zero-order valence-electron chi connectivity index (χ0n) is 24.6. The van der Waals surface area contributed by atoms with Crippen molar-refractivity contribution >= 4 is 50.7 Å². The molecule has 4 rings (SSSR count). The maximum atomic E-state index is 14.4. The molecule has 0 fully saturated rings. The summed E-state index contributed by atoms with van der Waals surface area (Å²) in [5.41, 5.74) is 1.72. The molecule has 1 N–H and O–H groups in total. The molecule has 4 aromatic carbocycles. The second-order valence-electron chi connectivity index (χ2n) is 10.4. The number of para-hydroxylation sites is 1. The number of benzene rings is 4. The van der Waals surface area contributed by atoms with Crippen LogP contribution in [0.1, 0.15) is 31.4 Å². The van der Waals surface area contributed by atoms with Gasteiger partial charge in [-0.2, -0.15) is 0 Å². The Hall–Kier alpha value is -3.85. The largest absolute Gasteiger partial charge is 0.352 e. The van der Waals surface area contributed by atoms with Crippen molar-refractivity contribution < 1.29 is 18.0 Å². The van der Waals surface area contributed by atoms with Crippen molar-refractivity contribution in [1.29, 1.82) is 0 Å². The maximum absolute atomic E-state index is 14.4. The van der Waals surface area contributed by atoms with E-state index in [0.29, 0.717) is 27.7 Å². The summed E-state index contributed by atoms with van der Waals surface area (Å²) in [4.78, 5) is 29.8. The predicted molar refractivity (Wildman–Crippen MR) is 176 cm³/mol. The lowest BCUT2D eigenvalue weighted by Gasteiger charge is -2.34. The highest BCUT2D eigenvalue weighted by molar-refractivity contribution is 7.92. The molecule has 44 heavy (non-hydrogen) atoms. The molecule has 2 amide bonds. The number of carbonyl (C=O) groups is 2. The van der Waals surface area contributed by atoms with Gasteiger partial charge in [-0.05, 0) is 60.9 Å². The molecule has 0 heterocycles. The third-order valence-corrected chi connectivity index (χ3v) is 9.66. The topological polar surface area (TPSA) is 86.8 Å². The number of anilines is 1. The van der Waals surface area contributed by atoms with E-state index in [1.807, 2.05) is 44.2 Å². The minimum Gasteiger partial charge on any atom is -0.352 e. The van der Waals surface area contributed by atoms with Crippen molar-refractivity contribution in [2.75, 3.05) is 10.8 Å². The summed E-state index contributed by atoms with van der Waals surface area (Å²) in [6, 6.07) is 29.6. The molecule has 0 unspecified atom stereocenters. The summed E-state index contributed by atoms with van der Waals surface area (Å²) in [5.74, 6) is -0.918. The van der Waals surface area contributed by atoms with Gasteiger partial charge in [0.15, 0.2) is 0 Å². The molecule has 0 bridgehead atoms. The van der Waals surface area contributed by atoms with Crippen molar-refractivity contribution in [3.8, 4) is 0 Å². The van der Waals surface area contributed by atoms with Crippen LogP contribution in [0.2, 0.25) is 10.0 Å². The van der Waals surface area contributed by atoms with Gasteiger partial charge < -0.3 is 10.2 Å². The molecule has 0 spiro atoms. The molecule has 4 aromatic rings. The Kier molecular flexibility index (Phi) is 11.4. The van der Waals surface area contributed by atoms with Gasteiger partial charge in [0.2, 0.25) is 11.8 Å². The van der Waals surface area contributed by atoms with E-state index >= 15 is 0 Å². The number of sulfonamides is 1. The number of nitrogens with one attached hydrogen (secondary N) is 1. The Balaban J connectivity index is 1.81. The van der Waals surface area contributed by atoms with Crippen LogP contribution in [0.3, 0.4) is 0 Å². The lowest BCUT2D eigenvalue weighted by Crippen LogP contribution is -2.54. The van der Waals surface area contributed by atoms with Crippen molar-refractivity contribution in [2.24, 2.45) is 0 Å². The van der Waals surface area contributed by atoms with Gasteiger partial charge in [0, 0.05) is 29.1 Å². The second kappa shape index (κ2) is 15.2. The van der Waals surface area contributed by atoms with Gasteiger partial charge in [0.05, 0.1) is 10.6 Å². The summed E-state index contributed by atoms with van der Waals surface area (Å²) in [7, 11) is -4.16. The number of amides is 2. The SMILES string of the molecule is CC[C@@H](C)NC(=O)[C@H](Cc1ccccc1)N(Cc1ccc(Cl)cc1Cl)C(=O)CN(c1ccccc1)S(=O)(=O)c1ccccc1. The molecule has 0 saturated heterocycles. The molecular formula is C34H35Cl2N3O4S. The average molecular weight is 653 g/mol. The summed E-state index contributed by atoms with van der Waals surface area (Å²) in [6.07, 6.45) is 0.898. The van der Waals surface area contributed by atoms with E-state index in [4.69, 9.17) is 23.2 Å². The van der Waals surface area contributed by atoms with E-state index in [9.17, 15) is 18.0 Å². The van der Waals surface area contributed by atoms with Crippen molar-refractivity contribution in [2.45, 2.75) is 50.2 Å². The van der Waals surface area contributed by atoms with Crippen LogP contribution in [0.5, 0.6) is 0 Å². The van der Waals surface area contributed by atoms with Crippen molar-refractivity contribution in [3.63, 3.8) is 0 Å². The van der Waals surface area contributed by atoms with E-state index in [1.165, 1.54) is 17.0 Å².